The van der Waals surface area contributed by atoms with Gasteiger partial charge in [-0.05, 0) is 39.2 Å². The van der Waals surface area contributed by atoms with Gasteiger partial charge >= 0.3 is 0 Å². The number of hydrogen-bond acceptors (Lipinski definition) is 4. The van der Waals surface area contributed by atoms with E-state index in [1.54, 1.807) is 6.07 Å². The average molecular weight is 333 g/mol. The topological polar surface area (TPSA) is 64.4 Å². The SMILES string of the molecule is CCO[C@@H]1C[C@@H](N(C)C(=O)Cn2nc(C)ccc2=O)C12CCCC2. The lowest BCUT2D eigenvalue weighted by molar-refractivity contribution is -0.172. The lowest BCUT2D eigenvalue weighted by Gasteiger charge is -2.57. The summed E-state index contributed by atoms with van der Waals surface area (Å²) < 4.78 is 7.18. The van der Waals surface area contributed by atoms with E-state index in [9.17, 15) is 9.59 Å². The Labute approximate surface area is 142 Å². The Morgan fingerprint density at radius 2 is 2.12 bits per heavy atom. The second-order valence-corrected chi connectivity index (χ2v) is 7.11. The van der Waals surface area contributed by atoms with Gasteiger partial charge in [-0.1, -0.05) is 12.8 Å². The van der Waals surface area contributed by atoms with Crippen molar-refractivity contribution in [2.45, 2.75) is 64.6 Å². The number of carbonyl (C=O) groups is 1. The van der Waals surface area contributed by atoms with Gasteiger partial charge in [-0.15, -0.1) is 0 Å². The summed E-state index contributed by atoms with van der Waals surface area (Å²) in [5, 5.41) is 4.16. The number of carbonyl (C=O) groups excluding carboxylic acids is 1. The number of hydrogen-bond donors (Lipinski definition) is 0. The molecule has 6 nitrogen and oxygen atoms in total. The largest absolute Gasteiger partial charge is 0.378 e. The lowest BCUT2D eigenvalue weighted by atomic mass is 9.60. The third-order valence-electron chi connectivity index (χ3n) is 5.79. The van der Waals surface area contributed by atoms with Gasteiger partial charge in [-0.2, -0.15) is 5.10 Å². The zero-order valence-corrected chi connectivity index (χ0v) is 14.8. The Balaban J connectivity index is 1.72. The third-order valence-corrected chi connectivity index (χ3v) is 5.79. The minimum Gasteiger partial charge on any atom is -0.378 e. The molecule has 6 heteroatoms. The van der Waals surface area contributed by atoms with E-state index < -0.39 is 0 Å². The number of rotatable bonds is 5. The highest BCUT2D eigenvalue weighted by Gasteiger charge is 2.58. The summed E-state index contributed by atoms with van der Waals surface area (Å²) >= 11 is 0. The van der Waals surface area contributed by atoms with Gasteiger partial charge in [0.15, 0.2) is 0 Å². The molecule has 0 radical (unpaired) electrons. The van der Waals surface area contributed by atoms with Crippen molar-refractivity contribution in [1.82, 2.24) is 14.7 Å². The van der Waals surface area contributed by atoms with Crippen LogP contribution in [0.5, 0.6) is 0 Å². The molecule has 0 N–H and O–H groups in total. The summed E-state index contributed by atoms with van der Waals surface area (Å²) in [6, 6.07) is 3.34. The van der Waals surface area contributed by atoms with Crippen LogP contribution in [0.3, 0.4) is 0 Å². The highest BCUT2D eigenvalue weighted by atomic mass is 16.5. The molecule has 1 aromatic heterocycles. The Kier molecular flexibility index (Phi) is 4.76. The minimum atomic E-state index is -0.237. The van der Waals surface area contributed by atoms with Crippen LogP contribution in [0.15, 0.2) is 16.9 Å². The van der Waals surface area contributed by atoms with Crippen molar-refractivity contribution in [3.63, 3.8) is 0 Å². The maximum absolute atomic E-state index is 12.7. The second kappa shape index (κ2) is 6.67. The van der Waals surface area contributed by atoms with Crippen LogP contribution in [0.25, 0.3) is 0 Å². The normalized spacial score (nSPS) is 24.8. The molecule has 1 heterocycles. The molecule has 2 fully saturated rings. The van der Waals surface area contributed by atoms with Crippen LogP contribution < -0.4 is 5.56 Å². The van der Waals surface area contributed by atoms with Crippen molar-refractivity contribution in [1.29, 1.82) is 0 Å². The highest BCUT2D eigenvalue weighted by Crippen LogP contribution is 2.56. The molecule has 1 spiro atoms. The third kappa shape index (κ3) is 2.88. The average Bonchev–Trinajstić information content (AvgIpc) is 3.06. The van der Waals surface area contributed by atoms with E-state index in [1.165, 1.54) is 23.6 Å². The number of amides is 1. The van der Waals surface area contributed by atoms with Crippen molar-refractivity contribution in [2.75, 3.05) is 13.7 Å². The number of likely N-dealkylation sites (N-methyl/N-ethyl adjacent to an activating group) is 1. The molecule has 0 unspecified atom stereocenters. The molecule has 2 saturated carbocycles. The van der Waals surface area contributed by atoms with Gasteiger partial charge in [0, 0.05) is 31.2 Å². The predicted molar refractivity (Wildman–Crippen MR) is 90.7 cm³/mol. The fourth-order valence-electron chi connectivity index (χ4n) is 4.47. The summed E-state index contributed by atoms with van der Waals surface area (Å²) in [6.07, 6.45) is 5.84. The first-order valence-electron chi connectivity index (χ1n) is 8.90. The van der Waals surface area contributed by atoms with E-state index in [-0.39, 0.29) is 35.6 Å². The van der Waals surface area contributed by atoms with Crippen molar-refractivity contribution in [3.8, 4) is 0 Å². The molecule has 0 aromatic carbocycles. The number of nitrogens with zero attached hydrogens (tertiary/aromatic N) is 3. The van der Waals surface area contributed by atoms with E-state index in [0.717, 1.165) is 31.6 Å². The number of ether oxygens (including phenoxy) is 1. The number of aromatic nitrogens is 2. The van der Waals surface area contributed by atoms with E-state index >= 15 is 0 Å². The molecule has 132 valence electrons. The van der Waals surface area contributed by atoms with E-state index in [4.69, 9.17) is 4.74 Å². The maximum atomic E-state index is 12.7. The first-order chi connectivity index (χ1) is 11.5. The van der Waals surface area contributed by atoms with Crippen molar-refractivity contribution < 1.29 is 9.53 Å². The molecule has 2 atom stereocenters. The van der Waals surface area contributed by atoms with Crippen LogP contribution >= 0.6 is 0 Å². The summed E-state index contributed by atoms with van der Waals surface area (Å²) in [5.41, 5.74) is 0.613. The van der Waals surface area contributed by atoms with Gasteiger partial charge in [-0.3, -0.25) is 9.59 Å². The van der Waals surface area contributed by atoms with E-state index in [2.05, 4.69) is 5.10 Å². The van der Waals surface area contributed by atoms with Gasteiger partial charge in [0.2, 0.25) is 5.91 Å². The molecule has 2 aliphatic rings. The van der Waals surface area contributed by atoms with Crippen LogP contribution in [-0.4, -0.2) is 46.4 Å². The van der Waals surface area contributed by atoms with Crippen molar-refractivity contribution in [3.05, 3.63) is 28.2 Å². The molecule has 2 aliphatic carbocycles. The first kappa shape index (κ1) is 17.1. The van der Waals surface area contributed by atoms with Gasteiger partial charge in [0.05, 0.1) is 11.8 Å². The molecule has 0 aliphatic heterocycles. The van der Waals surface area contributed by atoms with Gasteiger partial charge in [0.25, 0.3) is 5.56 Å². The lowest BCUT2D eigenvalue weighted by Crippen LogP contribution is -2.64. The summed E-state index contributed by atoms with van der Waals surface area (Å²) in [7, 11) is 1.86. The smallest absolute Gasteiger partial charge is 0.267 e. The molecule has 3 rings (SSSR count). The zero-order chi connectivity index (χ0) is 17.3. The van der Waals surface area contributed by atoms with E-state index in [0.29, 0.717) is 0 Å². The molecular formula is C18H27N3O3. The maximum Gasteiger partial charge on any atom is 0.267 e. The Hall–Kier alpha value is -1.69. The van der Waals surface area contributed by atoms with Crippen molar-refractivity contribution in [2.24, 2.45) is 5.41 Å². The van der Waals surface area contributed by atoms with Crippen LogP contribution in [-0.2, 0) is 16.1 Å². The predicted octanol–water partition coefficient (Wildman–Crippen LogP) is 1.75. The van der Waals surface area contributed by atoms with Gasteiger partial charge < -0.3 is 9.64 Å². The molecule has 0 saturated heterocycles. The van der Waals surface area contributed by atoms with Crippen LogP contribution in [0.1, 0.15) is 44.7 Å². The van der Waals surface area contributed by atoms with Crippen LogP contribution in [0.2, 0.25) is 0 Å². The minimum absolute atomic E-state index is 0.00287. The van der Waals surface area contributed by atoms with Gasteiger partial charge in [0.1, 0.15) is 6.54 Å². The fourth-order valence-corrected chi connectivity index (χ4v) is 4.47. The van der Waals surface area contributed by atoms with Crippen LogP contribution in [0, 0.1) is 12.3 Å². The highest BCUT2D eigenvalue weighted by molar-refractivity contribution is 5.76. The van der Waals surface area contributed by atoms with Gasteiger partial charge in [-0.25, -0.2) is 4.68 Å². The molecule has 1 aromatic rings. The Morgan fingerprint density at radius 3 is 2.79 bits per heavy atom. The standard InChI is InChI=1S/C18H27N3O3/c1-4-24-15-11-14(18(15)9-5-6-10-18)20(3)17(23)12-21-16(22)8-7-13(2)19-21/h7-8,14-15H,4-6,9-12H2,1-3H3/t14-,15-/m1/s1. The van der Waals surface area contributed by atoms with E-state index in [1.807, 2.05) is 25.8 Å². The first-order valence-corrected chi connectivity index (χ1v) is 8.90. The Bertz CT molecular complexity index is 664. The fraction of sp³-hybridized carbons (Fsp3) is 0.722. The Morgan fingerprint density at radius 1 is 1.42 bits per heavy atom. The summed E-state index contributed by atoms with van der Waals surface area (Å²) in [5.74, 6) is -0.0542. The van der Waals surface area contributed by atoms with Crippen molar-refractivity contribution >= 4 is 5.91 Å². The second-order valence-electron chi connectivity index (χ2n) is 7.11. The quantitative estimate of drug-likeness (QED) is 0.823. The molecular weight excluding hydrogens is 306 g/mol. The number of aryl methyl sites for hydroxylation is 1. The monoisotopic (exact) mass is 333 g/mol. The zero-order valence-electron chi connectivity index (χ0n) is 14.8. The summed E-state index contributed by atoms with van der Waals surface area (Å²) in [6.45, 7) is 4.57. The van der Waals surface area contributed by atoms with Crippen LogP contribution in [0.4, 0.5) is 0 Å². The molecule has 0 bridgehead atoms. The molecule has 24 heavy (non-hydrogen) atoms. The molecule has 1 amide bonds. The summed E-state index contributed by atoms with van der Waals surface area (Å²) in [4.78, 5) is 26.4.